The van der Waals surface area contributed by atoms with Gasteiger partial charge in [-0.1, -0.05) is 0 Å². The molecule has 1 aromatic rings. The fourth-order valence-corrected chi connectivity index (χ4v) is 4.32. The van der Waals surface area contributed by atoms with Crippen LogP contribution >= 0.6 is 11.3 Å². The summed E-state index contributed by atoms with van der Waals surface area (Å²) >= 11 is 0.962. The Morgan fingerprint density at radius 2 is 2.28 bits per heavy atom. The summed E-state index contributed by atoms with van der Waals surface area (Å²) in [4.78, 5) is 0.381. The molecule has 0 amide bonds. The van der Waals surface area contributed by atoms with Gasteiger partial charge in [0.05, 0.1) is 6.10 Å². The number of hydrogen-bond acceptors (Lipinski definition) is 5. The number of nitrogens with one attached hydrogen (secondary N) is 1. The van der Waals surface area contributed by atoms with E-state index < -0.39 is 10.0 Å². The van der Waals surface area contributed by atoms with E-state index in [0.717, 1.165) is 24.2 Å². The second-order valence-corrected chi connectivity index (χ2v) is 7.49. The maximum absolute atomic E-state index is 11.9. The number of sulfonamides is 1. The van der Waals surface area contributed by atoms with Crippen molar-refractivity contribution in [2.75, 3.05) is 6.54 Å². The summed E-state index contributed by atoms with van der Waals surface area (Å²) in [6.07, 6.45) is 1.93. The van der Waals surface area contributed by atoms with Gasteiger partial charge in [-0.2, -0.15) is 5.26 Å². The van der Waals surface area contributed by atoms with E-state index in [9.17, 15) is 13.5 Å². The van der Waals surface area contributed by atoms with Crippen LogP contribution in [0.1, 0.15) is 24.1 Å². The van der Waals surface area contributed by atoms with Crippen LogP contribution in [0.2, 0.25) is 0 Å². The minimum Gasteiger partial charge on any atom is -0.393 e. The molecule has 2 N–H and O–H groups in total. The molecule has 0 spiro atoms. The Morgan fingerprint density at radius 1 is 1.50 bits per heavy atom. The van der Waals surface area contributed by atoms with Crippen LogP contribution in [0.4, 0.5) is 0 Å². The molecular weight excluding hydrogens is 272 g/mol. The van der Waals surface area contributed by atoms with E-state index in [0.29, 0.717) is 17.8 Å². The highest BCUT2D eigenvalue weighted by molar-refractivity contribution is 7.91. The van der Waals surface area contributed by atoms with E-state index in [1.807, 2.05) is 6.07 Å². The van der Waals surface area contributed by atoms with Gasteiger partial charge in [0.15, 0.2) is 0 Å². The maximum Gasteiger partial charge on any atom is 0.250 e. The topological polar surface area (TPSA) is 90.2 Å². The minimum atomic E-state index is -3.52. The molecular formula is C11H14N2O3S2. The standard InChI is InChI=1S/C11H14N2O3S2/c12-6-10-3-4-11(17-10)18(15,16)13-7-8-1-2-9(14)5-8/h3-4,8-9,13-14H,1-2,5,7H2. The largest absolute Gasteiger partial charge is 0.393 e. The highest BCUT2D eigenvalue weighted by Crippen LogP contribution is 2.26. The fourth-order valence-electron chi connectivity index (χ4n) is 2.06. The third-order valence-electron chi connectivity index (χ3n) is 3.03. The molecule has 0 saturated heterocycles. The molecule has 98 valence electrons. The summed E-state index contributed by atoms with van der Waals surface area (Å²) in [5.74, 6) is 0.199. The molecule has 1 aliphatic rings. The maximum atomic E-state index is 11.9. The molecule has 2 rings (SSSR count). The molecule has 1 fully saturated rings. The second-order valence-electron chi connectivity index (χ2n) is 4.42. The van der Waals surface area contributed by atoms with E-state index in [4.69, 9.17) is 5.26 Å². The zero-order chi connectivity index (χ0) is 13.2. The monoisotopic (exact) mass is 286 g/mol. The number of aliphatic hydroxyl groups excluding tert-OH is 1. The van der Waals surface area contributed by atoms with Crippen LogP contribution in [0.3, 0.4) is 0 Å². The molecule has 2 unspecified atom stereocenters. The van der Waals surface area contributed by atoms with Gasteiger partial charge in [0.2, 0.25) is 10.0 Å². The molecule has 0 aromatic carbocycles. The van der Waals surface area contributed by atoms with Crippen molar-refractivity contribution in [3.05, 3.63) is 17.0 Å². The Labute approximate surface area is 110 Å². The normalized spacial score (nSPS) is 24.0. The van der Waals surface area contributed by atoms with Crippen molar-refractivity contribution in [3.8, 4) is 6.07 Å². The Hall–Kier alpha value is -0.940. The first kappa shape index (κ1) is 13.5. The Bertz CT molecular complexity index is 559. The molecule has 0 radical (unpaired) electrons. The van der Waals surface area contributed by atoms with Crippen molar-refractivity contribution in [1.82, 2.24) is 4.72 Å². The van der Waals surface area contributed by atoms with Crippen LogP contribution in [0, 0.1) is 17.2 Å². The first-order valence-electron chi connectivity index (χ1n) is 5.69. The van der Waals surface area contributed by atoms with E-state index >= 15 is 0 Å². The second kappa shape index (κ2) is 5.36. The van der Waals surface area contributed by atoms with Gasteiger partial charge in [-0.25, -0.2) is 13.1 Å². The van der Waals surface area contributed by atoms with Gasteiger partial charge in [0.1, 0.15) is 15.2 Å². The first-order chi connectivity index (χ1) is 8.51. The van der Waals surface area contributed by atoms with Gasteiger partial charge in [0.25, 0.3) is 0 Å². The Morgan fingerprint density at radius 3 is 2.83 bits per heavy atom. The molecule has 7 heteroatoms. The summed E-state index contributed by atoms with van der Waals surface area (Å²) in [7, 11) is -3.52. The van der Waals surface area contributed by atoms with E-state index in [1.54, 1.807) is 0 Å². The number of rotatable bonds is 4. The average molecular weight is 286 g/mol. The van der Waals surface area contributed by atoms with E-state index in [1.165, 1.54) is 12.1 Å². The van der Waals surface area contributed by atoms with Gasteiger partial charge in [-0.15, -0.1) is 11.3 Å². The molecule has 1 saturated carbocycles. The molecule has 0 aliphatic heterocycles. The predicted octanol–water partition coefficient (Wildman–Crippen LogP) is 1.06. The van der Waals surface area contributed by atoms with Crippen LogP contribution in [0.25, 0.3) is 0 Å². The van der Waals surface area contributed by atoms with Crippen molar-refractivity contribution in [3.63, 3.8) is 0 Å². The number of aliphatic hydroxyl groups is 1. The van der Waals surface area contributed by atoms with Crippen LogP contribution in [-0.2, 0) is 10.0 Å². The average Bonchev–Trinajstić information content (AvgIpc) is 2.95. The first-order valence-corrected chi connectivity index (χ1v) is 7.99. The summed E-state index contributed by atoms with van der Waals surface area (Å²) in [5.41, 5.74) is 0. The molecule has 1 heterocycles. The lowest BCUT2D eigenvalue weighted by Crippen LogP contribution is -2.28. The van der Waals surface area contributed by atoms with Crippen molar-refractivity contribution >= 4 is 21.4 Å². The minimum absolute atomic E-state index is 0.164. The van der Waals surface area contributed by atoms with Gasteiger partial charge < -0.3 is 5.11 Å². The highest BCUT2D eigenvalue weighted by atomic mass is 32.2. The predicted molar refractivity (Wildman–Crippen MR) is 67.6 cm³/mol. The number of nitrogens with zero attached hydrogens (tertiary/aromatic N) is 1. The SMILES string of the molecule is N#Cc1ccc(S(=O)(=O)NCC2CCC(O)C2)s1. The molecule has 2 atom stereocenters. The fraction of sp³-hybridized carbons (Fsp3) is 0.545. The lowest BCUT2D eigenvalue weighted by Gasteiger charge is -2.10. The van der Waals surface area contributed by atoms with Crippen LogP contribution in [0.5, 0.6) is 0 Å². The highest BCUT2D eigenvalue weighted by Gasteiger charge is 2.25. The van der Waals surface area contributed by atoms with Crippen LogP contribution in [0.15, 0.2) is 16.3 Å². The molecule has 5 nitrogen and oxygen atoms in total. The Balaban J connectivity index is 1.97. The third-order valence-corrected chi connectivity index (χ3v) is 5.94. The van der Waals surface area contributed by atoms with Crippen molar-refractivity contribution in [2.24, 2.45) is 5.92 Å². The molecule has 1 aromatic heterocycles. The smallest absolute Gasteiger partial charge is 0.250 e. The third kappa shape index (κ3) is 3.09. The van der Waals surface area contributed by atoms with Gasteiger partial charge >= 0.3 is 0 Å². The number of nitriles is 1. The molecule has 0 bridgehead atoms. The Kier molecular flexibility index (Phi) is 4.02. The van der Waals surface area contributed by atoms with E-state index in [2.05, 4.69) is 4.72 Å². The van der Waals surface area contributed by atoms with Crippen molar-refractivity contribution < 1.29 is 13.5 Å². The van der Waals surface area contributed by atoms with E-state index in [-0.39, 0.29) is 16.2 Å². The zero-order valence-corrected chi connectivity index (χ0v) is 11.3. The van der Waals surface area contributed by atoms with Crippen LogP contribution in [-0.4, -0.2) is 26.2 Å². The lowest BCUT2D eigenvalue weighted by atomic mass is 10.1. The number of thiophene rings is 1. The van der Waals surface area contributed by atoms with Crippen molar-refractivity contribution in [2.45, 2.75) is 29.6 Å². The van der Waals surface area contributed by atoms with Gasteiger partial charge in [-0.05, 0) is 37.3 Å². The van der Waals surface area contributed by atoms with Crippen molar-refractivity contribution in [1.29, 1.82) is 5.26 Å². The van der Waals surface area contributed by atoms with Gasteiger partial charge in [-0.3, -0.25) is 0 Å². The molecule has 1 aliphatic carbocycles. The summed E-state index contributed by atoms with van der Waals surface area (Å²) in [6, 6.07) is 4.85. The summed E-state index contributed by atoms with van der Waals surface area (Å²) in [5, 5.41) is 18.0. The lowest BCUT2D eigenvalue weighted by molar-refractivity contribution is 0.178. The van der Waals surface area contributed by atoms with Gasteiger partial charge in [0, 0.05) is 6.54 Å². The van der Waals surface area contributed by atoms with Crippen LogP contribution < -0.4 is 4.72 Å². The molecule has 18 heavy (non-hydrogen) atoms. The quantitative estimate of drug-likeness (QED) is 0.866. The zero-order valence-electron chi connectivity index (χ0n) is 9.67. The summed E-state index contributed by atoms with van der Waals surface area (Å²) in [6.45, 7) is 0.346. The number of hydrogen-bond donors (Lipinski definition) is 2. The summed E-state index contributed by atoms with van der Waals surface area (Å²) < 4.78 is 26.6.